The smallest absolute Gasteiger partial charge is 0.251 e. The van der Waals surface area contributed by atoms with E-state index in [-0.39, 0.29) is 62.5 Å². The molecule has 3 aromatic carbocycles. The number of carbonyl (C=O) groups excluding carboxylic acids is 7. The number of carbonyl (C=O) groups is 7. The Balaban J connectivity index is 1.42. The van der Waals surface area contributed by atoms with E-state index >= 15 is 0 Å². The summed E-state index contributed by atoms with van der Waals surface area (Å²) in [5.41, 5.74) is 19.5. The fourth-order valence-corrected chi connectivity index (χ4v) is 7.71. The number of amides is 7. The molecule has 20 nitrogen and oxygen atoms in total. The first kappa shape index (κ1) is 51.7. The van der Waals surface area contributed by atoms with Gasteiger partial charge in [0.05, 0.1) is 6.33 Å². The number of para-hydroxylation sites is 1. The van der Waals surface area contributed by atoms with E-state index in [1.165, 1.54) is 12.5 Å². The molecule has 0 aliphatic carbocycles. The normalized spacial score (nSPS) is 13.6. The third kappa shape index (κ3) is 15.6. The van der Waals surface area contributed by atoms with Gasteiger partial charge in [0.25, 0.3) is 5.91 Å². The SMILES string of the molecule is NC(=O)[C@H](CS)NC(=O)[C@H](Cc1c[nH]c2ccccc12)NC(=O)[C@H](CCCN=C(N)N)NC(=O)[C@@H](Cc1ccccc1)NC(=O)[C@H](Cc1cnc[nH]1)NC(=O)[C@H](CCS)NC(=O)c1ccccc1. The Labute approximate surface area is 403 Å². The van der Waals surface area contributed by atoms with Gasteiger partial charge in [-0.2, -0.15) is 25.3 Å². The summed E-state index contributed by atoms with van der Waals surface area (Å²) in [4.78, 5) is 110. The van der Waals surface area contributed by atoms with Crippen LogP contribution in [-0.2, 0) is 48.0 Å². The van der Waals surface area contributed by atoms with Crippen LogP contribution in [0, 0.1) is 0 Å². The maximum atomic E-state index is 14.6. The standard InChI is InChI=1S/C46H57N13O7S2/c47-39(60)38(25-68)59-44(65)36(21-29-23-52-32-15-8-7-14-31(29)32)57-41(62)33(16-9-18-51-46(48)49)55-43(64)35(20-27-10-3-1-4-11-27)56-45(66)37(22-30-24-50-26-53-30)58-42(63)34(17-19-67)54-40(61)28-12-5-2-6-13-28/h1-8,10-15,23-24,26,33-38,52,67-68H,9,16-22,25H2,(H2,47,60)(H,50,53)(H,54,61)(H,55,64)(H,56,66)(H,57,62)(H,58,63)(H,59,65)(H4,48,49,51)/t33-,34-,35+,36-,37-,38-/m0/s1. The molecular weight excluding hydrogens is 911 g/mol. The van der Waals surface area contributed by atoms with Crippen molar-refractivity contribution in [1.82, 2.24) is 46.9 Å². The van der Waals surface area contributed by atoms with Crippen molar-refractivity contribution in [2.45, 2.75) is 74.8 Å². The quantitative estimate of drug-likeness (QED) is 0.0151. The summed E-state index contributed by atoms with van der Waals surface area (Å²) in [6.45, 7) is 0.0860. The number of H-pyrrole nitrogens is 2. The predicted molar refractivity (Wildman–Crippen MR) is 263 cm³/mol. The van der Waals surface area contributed by atoms with Gasteiger partial charge in [-0.25, -0.2) is 4.98 Å². The lowest BCUT2D eigenvalue weighted by Gasteiger charge is -2.27. The van der Waals surface area contributed by atoms with Crippen LogP contribution in [0.2, 0.25) is 0 Å². The fraction of sp³-hybridized carbons (Fsp3) is 0.326. The van der Waals surface area contributed by atoms with Gasteiger partial charge < -0.3 is 59.1 Å². The van der Waals surface area contributed by atoms with Gasteiger partial charge in [0.1, 0.15) is 36.3 Å². The monoisotopic (exact) mass is 967 g/mol. The zero-order valence-electron chi connectivity index (χ0n) is 37.0. The zero-order chi connectivity index (χ0) is 49.0. The lowest BCUT2D eigenvalue weighted by Crippen LogP contribution is -2.60. The number of hydrogen-bond acceptors (Lipinski definition) is 11. The van der Waals surface area contributed by atoms with Crippen molar-refractivity contribution in [3.63, 3.8) is 0 Å². The Kier molecular flexibility index (Phi) is 19.8. The number of imidazole rings is 1. The number of aliphatic imine (C=N–C) groups is 1. The molecule has 0 bridgehead atoms. The molecule has 0 spiro atoms. The fourth-order valence-electron chi connectivity index (χ4n) is 7.18. The lowest BCUT2D eigenvalue weighted by molar-refractivity contribution is -0.135. The van der Waals surface area contributed by atoms with Gasteiger partial charge in [-0.15, -0.1) is 0 Å². The number of thiol groups is 2. The molecule has 22 heteroatoms. The van der Waals surface area contributed by atoms with Crippen LogP contribution in [0.25, 0.3) is 10.9 Å². The molecule has 5 aromatic rings. The number of nitrogens with one attached hydrogen (secondary N) is 8. The van der Waals surface area contributed by atoms with Crippen LogP contribution in [0.4, 0.5) is 0 Å². The summed E-state index contributed by atoms with van der Waals surface area (Å²) in [6, 6.07) is 17.0. The highest BCUT2D eigenvalue weighted by molar-refractivity contribution is 7.80. The Hall–Kier alpha value is -7.33. The van der Waals surface area contributed by atoms with Crippen molar-refractivity contribution in [1.29, 1.82) is 0 Å². The minimum atomic E-state index is -1.33. The van der Waals surface area contributed by atoms with Crippen LogP contribution >= 0.6 is 25.3 Å². The number of rotatable bonds is 26. The maximum Gasteiger partial charge on any atom is 0.251 e. The molecule has 2 heterocycles. The first-order valence-corrected chi connectivity index (χ1v) is 23.0. The summed E-state index contributed by atoms with van der Waals surface area (Å²) in [5, 5.41) is 17.1. The van der Waals surface area contributed by atoms with E-state index in [1.54, 1.807) is 66.9 Å². The molecule has 360 valence electrons. The molecule has 0 unspecified atom stereocenters. The zero-order valence-corrected chi connectivity index (χ0v) is 38.8. The van der Waals surface area contributed by atoms with Gasteiger partial charge in [0.2, 0.25) is 35.4 Å². The van der Waals surface area contributed by atoms with Crippen LogP contribution < -0.4 is 49.1 Å². The van der Waals surface area contributed by atoms with E-state index in [1.807, 2.05) is 24.3 Å². The van der Waals surface area contributed by atoms with E-state index in [4.69, 9.17) is 17.2 Å². The highest BCUT2D eigenvalue weighted by atomic mass is 32.1. The second-order valence-corrected chi connectivity index (χ2v) is 16.6. The van der Waals surface area contributed by atoms with E-state index in [0.717, 1.165) is 10.9 Å². The number of aromatic amines is 2. The summed E-state index contributed by atoms with van der Waals surface area (Å²) in [5.74, 6) is -5.13. The van der Waals surface area contributed by atoms with Crippen molar-refractivity contribution in [2.75, 3.05) is 18.1 Å². The molecule has 14 N–H and O–H groups in total. The highest BCUT2D eigenvalue weighted by Crippen LogP contribution is 2.20. The van der Waals surface area contributed by atoms with Crippen molar-refractivity contribution >= 4 is 83.5 Å². The number of primary amides is 1. The second-order valence-electron chi connectivity index (χ2n) is 15.8. The minimum Gasteiger partial charge on any atom is -0.370 e. The molecule has 7 amide bonds. The molecule has 5 rings (SSSR count). The van der Waals surface area contributed by atoms with Gasteiger partial charge >= 0.3 is 0 Å². The largest absolute Gasteiger partial charge is 0.370 e. The van der Waals surface area contributed by atoms with E-state index < -0.39 is 77.6 Å². The van der Waals surface area contributed by atoms with Crippen LogP contribution in [0.1, 0.15) is 46.4 Å². The average Bonchev–Trinajstić information content (AvgIpc) is 4.01. The number of guanidine groups is 1. The van der Waals surface area contributed by atoms with Gasteiger partial charge in [-0.1, -0.05) is 66.7 Å². The van der Waals surface area contributed by atoms with E-state index in [2.05, 4.69) is 77.1 Å². The topological polar surface area (TPSA) is 327 Å². The summed E-state index contributed by atoms with van der Waals surface area (Å²) in [6.07, 6.45) is 4.72. The first-order valence-electron chi connectivity index (χ1n) is 21.8. The molecule has 0 fully saturated rings. The van der Waals surface area contributed by atoms with Crippen LogP contribution in [0.3, 0.4) is 0 Å². The predicted octanol–water partition coefficient (Wildman–Crippen LogP) is -0.0699. The number of nitrogens with zero attached hydrogens (tertiary/aromatic N) is 2. The Morgan fingerprint density at radius 1 is 0.603 bits per heavy atom. The number of fused-ring (bicyclic) bond motifs is 1. The molecule has 0 saturated heterocycles. The molecule has 0 radical (unpaired) electrons. The van der Waals surface area contributed by atoms with Gasteiger partial charge in [-0.05, 0) is 54.3 Å². The van der Waals surface area contributed by atoms with Gasteiger partial charge in [-0.3, -0.25) is 38.6 Å². The second kappa shape index (κ2) is 26.1. The van der Waals surface area contributed by atoms with Crippen molar-refractivity contribution < 1.29 is 33.6 Å². The number of hydrogen-bond donors (Lipinski definition) is 13. The number of nitrogens with two attached hydrogens (primary N) is 3. The minimum absolute atomic E-state index is 0.0257. The molecule has 68 heavy (non-hydrogen) atoms. The van der Waals surface area contributed by atoms with Gasteiger partial charge in [0.15, 0.2) is 5.96 Å². The van der Waals surface area contributed by atoms with Crippen LogP contribution in [0.15, 0.2) is 109 Å². The molecule has 0 aliphatic heterocycles. The van der Waals surface area contributed by atoms with E-state index in [9.17, 15) is 33.6 Å². The average molecular weight is 968 g/mol. The van der Waals surface area contributed by atoms with Crippen LogP contribution in [-0.4, -0.2) is 117 Å². The Bertz CT molecular complexity index is 2500. The maximum absolute atomic E-state index is 14.6. The summed E-state index contributed by atoms with van der Waals surface area (Å²) in [7, 11) is 0. The number of aromatic nitrogens is 3. The molecule has 2 aromatic heterocycles. The molecule has 6 atom stereocenters. The Morgan fingerprint density at radius 2 is 1.15 bits per heavy atom. The Morgan fingerprint density at radius 3 is 1.74 bits per heavy atom. The third-order valence-corrected chi connectivity index (χ3v) is 11.4. The first-order chi connectivity index (χ1) is 32.8. The van der Waals surface area contributed by atoms with E-state index in [0.29, 0.717) is 22.4 Å². The summed E-state index contributed by atoms with van der Waals surface area (Å²) < 4.78 is 0. The van der Waals surface area contributed by atoms with Crippen molar-refractivity contribution in [3.8, 4) is 0 Å². The molecule has 0 aliphatic rings. The lowest BCUT2D eigenvalue weighted by atomic mass is 10.0. The molecular formula is C46H57N13O7S2. The summed E-state index contributed by atoms with van der Waals surface area (Å²) >= 11 is 8.44. The third-order valence-electron chi connectivity index (χ3n) is 10.8. The van der Waals surface area contributed by atoms with Crippen LogP contribution in [0.5, 0.6) is 0 Å². The highest BCUT2D eigenvalue weighted by Gasteiger charge is 2.34. The molecule has 0 saturated carbocycles. The van der Waals surface area contributed by atoms with Gasteiger partial charge in [0, 0.05) is 66.1 Å². The van der Waals surface area contributed by atoms with Crippen molar-refractivity contribution in [3.05, 3.63) is 126 Å². The number of benzene rings is 3. The van der Waals surface area contributed by atoms with Crippen molar-refractivity contribution in [2.24, 2.45) is 22.2 Å².